The predicted octanol–water partition coefficient (Wildman–Crippen LogP) is 3.38. The molecule has 1 heterocycles. The molecule has 3 rings (SSSR count). The standard InChI is InChI=1S/C22H24N2O3/c1-3-16-9-11-18(12-10-16)19(25)15-24-20(26)22(2,23-21(24)27)14-13-17-7-5-4-6-8-17/h4-12H,3,13-15H2,1-2H3,(H,23,27)/t22-/m0/s1. The molecule has 3 amide bonds. The minimum Gasteiger partial charge on any atom is -0.323 e. The van der Waals surface area contributed by atoms with Gasteiger partial charge in [-0.05, 0) is 37.3 Å². The number of urea groups is 1. The molecule has 1 aliphatic rings. The SMILES string of the molecule is CCc1ccc(C(=O)CN2C(=O)N[C@@](C)(CCc3ccccc3)C2=O)cc1. The van der Waals surface area contributed by atoms with Crippen molar-refractivity contribution in [3.63, 3.8) is 0 Å². The van der Waals surface area contributed by atoms with E-state index in [4.69, 9.17) is 0 Å². The summed E-state index contributed by atoms with van der Waals surface area (Å²) in [5, 5.41) is 2.76. The van der Waals surface area contributed by atoms with Crippen molar-refractivity contribution in [3.8, 4) is 0 Å². The molecule has 1 saturated heterocycles. The molecule has 1 N–H and O–H groups in total. The number of ketones is 1. The van der Waals surface area contributed by atoms with E-state index in [0.29, 0.717) is 18.4 Å². The summed E-state index contributed by atoms with van der Waals surface area (Å²) in [5.41, 5.74) is 1.76. The van der Waals surface area contributed by atoms with E-state index in [-0.39, 0.29) is 18.2 Å². The Morgan fingerprint density at radius 1 is 1.00 bits per heavy atom. The minimum atomic E-state index is -0.987. The molecule has 0 unspecified atom stereocenters. The van der Waals surface area contributed by atoms with E-state index in [1.165, 1.54) is 0 Å². The van der Waals surface area contributed by atoms with Crippen LogP contribution < -0.4 is 5.32 Å². The maximum absolute atomic E-state index is 12.8. The van der Waals surface area contributed by atoms with E-state index < -0.39 is 11.6 Å². The van der Waals surface area contributed by atoms with Gasteiger partial charge in [-0.15, -0.1) is 0 Å². The summed E-state index contributed by atoms with van der Waals surface area (Å²) >= 11 is 0. The summed E-state index contributed by atoms with van der Waals surface area (Å²) in [6.45, 7) is 3.52. The zero-order chi connectivity index (χ0) is 19.4. The fourth-order valence-corrected chi connectivity index (χ4v) is 3.26. The van der Waals surface area contributed by atoms with Gasteiger partial charge in [-0.3, -0.25) is 14.5 Å². The Bertz CT molecular complexity index is 846. The summed E-state index contributed by atoms with van der Waals surface area (Å²) < 4.78 is 0. The van der Waals surface area contributed by atoms with Crippen LogP contribution in [0.2, 0.25) is 0 Å². The zero-order valence-corrected chi connectivity index (χ0v) is 15.7. The zero-order valence-electron chi connectivity index (χ0n) is 15.7. The third-order valence-corrected chi connectivity index (χ3v) is 5.09. The Kier molecular flexibility index (Phi) is 5.40. The lowest BCUT2D eigenvalue weighted by molar-refractivity contribution is -0.130. The molecule has 5 heteroatoms. The van der Waals surface area contributed by atoms with Crippen molar-refractivity contribution in [3.05, 3.63) is 71.3 Å². The van der Waals surface area contributed by atoms with Crippen molar-refractivity contribution in [2.75, 3.05) is 6.54 Å². The third kappa shape index (κ3) is 4.08. The number of hydrogen-bond acceptors (Lipinski definition) is 3. The van der Waals surface area contributed by atoms with Gasteiger partial charge in [-0.2, -0.15) is 0 Å². The Labute approximate surface area is 159 Å². The number of benzene rings is 2. The molecule has 5 nitrogen and oxygen atoms in total. The summed E-state index contributed by atoms with van der Waals surface area (Å²) in [7, 11) is 0. The number of carbonyl (C=O) groups excluding carboxylic acids is 3. The van der Waals surface area contributed by atoms with Gasteiger partial charge in [0.2, 0.25) is 0 Å². The number of Topliss-reactive ketones (excluding diaryl/α,β-unsaturated/α-hetero) is 1. The fraction of sp³-hybridized carbons (Fsp3) is 0.318. The van der Waals surface area contributed by atoms with Gasteiger partial charge in [-0.25, -0.2) is 4.79 Å². The fourth-order valence-electron chi connectivity index (χ4n) is 3.26. The number of hydrogen-bond donors (Lipinski definition) is 1. The molecule has 27 heavy (non-hydrogen) atoms. The van der Waals surface area contributed by atoms with Crippen molar-refractivity contribution >= 4 is 17.7 Å². The molecule has 0 bridgehead atoms. The Balaban J connectivity index is 1.66. The number of rotatable bonds is 7. The molecular weight excluding hydrogens is 340 g/mol. The highest BCUT2D eigenvalue weighted by Gasteiger charge is 2.47. The van der Waals surface area contributed by atoms with Crippen LogP contribution >= 0.6 is 0 Å². The van der Waals surface area contributed by atoms with Gasteiger partial charge in [0.15, 0.2) is 5.78 Å². The van der Waals surface area contributed by atoms with E-state index in [1.54, 1.807) is 19.1 Å². The highest BCUT2D eigenvalue weighted by Crippen LogP contribution is 2.23. The van der Waals surface area contributed by atoms with Gasteiger partial charge in [0.1, 0.15) is 5.54 Å². The highest BCUT2D eigenvalue weighted by atomic mass is 16.2. The van der Waals surface area contributed by atoms with E-state index in [0.717, 1.165) is 22.4 Å². The second-order valence-electron chi connectivity index (χ2n) is 7.11. The summed E-state index contributed by atoms with van der Waals surface area (Å²) in [6.07, 6.45) is 2.04. The Morgan fingerprint density at radius 3 is 2.30 bits per heavy atom. The maximum Gasteiger partial charge on any atom is 0.325 e. The van der Waals surface area contributed by atoms with Crippen LogP contribution in [0, 0.1) is 0 Å². The molecule has 140 valence electrons. The molecular formula is C22H24N2O3. The van der Waals surface area contributed by atoms with Crippen LogP contribution in [0.5, 0.6) is 0 Å². The molecule has 1 atom stereocenters. The van der Waals surface area contributed by atoms with Crippen LogP contribution in [0.25, 0.3) is 0 Å². The van der Waals surface area contributed by atoms with Crippen molar-refractivity contribution in [2.24, 2.45) is 0 Å². The number of carbonyl (C=O) groups is 3. The van der Waals surface area contributed by atoms with Crippen molar-refractivity contribution in [2.45, 2.75) is 38.6 Å². The first-order chi connectivity index (χ1) is 12.9. The largest absolute Gasteiger partial charge is 0.325 e. The molecule has 0 aliphatic carbocycles. The maximum atomic E-state index is 12.8. The Hall–Kier alpha value is -2.95. The summed E-state index contributed by atoms with van der Waals surface area (Å²) in [4.78, 5) is 38.7. The monoisotopic (exact) mass is 364 g/mol. The number of amides is 3. The first kappa shape index (κ1) is 18.8. The van der Waals surface area contributed by atoms with Crippen molar-refractivity contribution in [1.29, 1.82) is 0 Å². The molecule has 0 saturated carbocycles. The second-order valence-corrected chi connectivity index (χ2v) is 7.11. The lowest BCUT2D eigenvalue weighted by Gasteiger charge is -2.21. The van der Waals surface area contributed by atoms with Crippen LogP contribution in [0.3, 0.4) is 0 Å². The second kappa shape index (κ2) is 7.74. The molecule has 0 spiro atoms. The lowest BCUT2D eigenvalue weighted by Crippen LogP contribution is -2.44. The topological polar surface area (TPSA) is 66.5 Å². The summed E-state index contributed by atoms with van der Waals surface area (Å²) in [6, 6.07) is 16.6. The number of imide groups is 1. The van der Waals surface area contributed by atoms with Gasteiger partial charge >= 0.3 is 6.03 Å². The van der Waals surface area contributed by atoms with Crippen molar-refractivity contribution in [1.82, 2.24) is 10.2 Å². The van der Waals surface area contributed by atoms with E-state index in [2.05, 4.69) is 5.32 Å². The first-order valence-corrected chi connectivity index (χ1v) is 9.23. The molecule has 0 radical (unpaired) electrons. The van der Waals surface area contributed by atoms with Crippen LogP contribution in [0.4, 0.5) is 4.79 Å². The molecule has 1 fully saturated rings. The highest BCUT2D eigenvalue weighted by molar-refractivity contribution is 6.11. The molecule has 0 aromatic heterocycles. The average molecular weight is 364 g/mol. The minimum absolute atomic E-state index is 0.239. The molecule has 2 aromatic rings. The van der Waals surface area contributed by atoms with Crippen LogP contribution in [-0.2, 0) is 17.6 Å². The number of nitrogens with one attached hydrogen (secondary N) is 1. The average Bonchev–Trinajstić information content (AvgIpc) is 2.90. The van der Waals surface area contributed by atoms with E-state index in [9.17, 15) is 14.4 Å². The smallest absolute Gasteiger partial charge is 0.323 e. The van der Waals surface area contributed by atoms with Crippen molar-refractivity contribution < 1.29 is 14.4 Å². The lowest BCUT2D eigenvalue weighted by atomic mass is 9.93. The van der Waals surface area contributed by atoms with Gasteiger partial charge in [0.25, 0.3) is 5.91 Å². The number of aryl methyl sites for hydroxylation is 2. The van der Waals surface area contributed by atoms with Gasteiger partial charge in [-0.1, -0.05) is 61.5 Å². The number of nitrogens with zero attached hydrogens (tertiary/aromatic N) is 1. The van der Waals surface area contributed by atoms with Gasteiger partial charge in [0.05, 0.1) is 6.54 Å². The Morgan fingerprint density at radius 2 is 1.67 bits per heavy atom. The van der Waals surface area contributed by atoms with Crippen LogP contribution in [-0.4, -0.2) is 34.7 Å². The molecule has 1 aliphatic heterocycles. The first-order valence-electron chi connectivity index (χ1n) is 9.23. The normalized spacial score (nSPS) is 19.3. The molecule has 2 aromatic carbocycles. The van der Waals surface area contributed by atoms with Gasteiger partial charge in [0, 0.05) is 5.56 Å². The predicted molar refractivity (Wildman–Crippen MR) is 104 cm³/mol. The van der Waals surface area contributed by atoms with Crippen LogP contribution in [0.15, 0.2) is 54.6 Å². The van der Waals surface area contributed by atoms with E-state index >= 15 is 0 Å². The third-order valence-electron chi connectivity index (χ3n) is 5.09. The van der Waals surface area contributed by atoms with E-state index in [1.807, 2.05) is 49.4 Å². The van der Waals surface area contributed by atoms with Crippen LogP contribution in [0.1, 0.15) is 41.8 Å². The quantitative estimate of drug-likeness (QED) is 0.605. The summed E-state index contributed by atoms with van der Waals surface area (Å²) in [5.74, 6) is -0.588. The van der Waals surface area contributed by atoms with Gasteiger partial charge < -0.3 is 5.32 Å².